The van der Waals surface area contributed by atoms with Gasteiger partial charge in [0.15, 0.2) is 0 Å². The molecule has 22 heavy (non-hydrogen) atoms. The Morgan fingerprint density at radius 2 is 0.864 bits per heavy atom. The number of unbranched alkanes of at least 4 members (excludes halogenated alkanes) is 10. The molecule has 1 unspecified atom stereocenters. The van der Waals surface area contributed by atoms with Gasteiger partial charge in [-0.1, -0.05) is 96.8 Å². The Labute approximate surface area is 139 Å². The van der Waals surface area contributed by atoms with E-state index < -0.39 is 0 Å². The van der Waals surface area contributed by atoms with E-state index in [9.17, 15) is 0 Å². The van der Waals surface area contributed by atoms with Crippen molar-refractivity contribution in [2.75, 3.05) is 13.2 Å². The van der Waals surface area contributed by atoms with Crippen molar-refractivity contribution in [2.24, 2.45) is 5.92 Å². The largest absolute Gasteiger partial charge is 0.396 e. The van der Waals surface area contributed by atoms with Crippen molar-refractivity contribution >= 4 is 0 Å². The third kappa shape index (κ3) is 16.3. The molecule has 0 radical (unpaired) electrons. The Bertz CT molecular complexity index is 194. The molecule has 0 bridgehead atoms. The molecule has 2 heteroatoms. The number of hydrogen-bond acceptors (Lipinski definition) is 2. The topological polar surface area (TPSA) is 40.5 Å². The molecular formula is C20H42O2. The maximum Gasteiger partial charge on any atom is 0.0431 e. The molecule has 0 spiro atoms. The summed E-state index contributed by atoms with van der Waals surface area (Å²) in [4.78, 5) is 0. The van der Waals surface area contributed by atoms with Gasteiger partial charge in [-0.05, 0) is 18.8 Å². The number of rotatable bonds is 18. The van der Waals surface area contributed by atoms with Gasteiger partial charge >= 0.3 is 0 Å². The maximum atomic E-state index is 8.88. The van der Waals surface area contributed by atoms with Crippen LogP contribution in [0.2, 0.25) is 0 Å². The van der Waals surface area contributed by atoms with E-state index in [0.29, 0.717) is 13.2 Å². The molecule has 2 N–H and O–H groups in total. The molecule has 0 aliphatic rings. The first-order valence-electron chi connectivity index (χ1n) is 10.1. The quantitative estimate of drug-likeness (QED) is 0.312. The molecule has 0 aliphatic carbocycles. The summed E-state index contributed by atoms with van der Waals surface area (Å²) in [5.74, 6) is 0.902. The summed E-state index contributed by atoms with van der Waals surface area (Å²) in [6, 6.07) is 0. The van der Waals surface area contributed by atoms with Gasteiger partial charge in [-0.15, -0.1) is 0 Å². The molecule has 0 heterocycles. The van der Waals surface area contributed by atoms with Crippen LogP contribution in [-0.2, 0) is 0 Å². The lowest BCUT2D eigenvalue weighted by Crippen LogP contribution is -2.02. The predicted molar refractivity (Wildman–Crippen MR) is 97.2 cm³/mol. The highest BCUT2D eigenvalue weighted by Gasteiger charge is 2.08. The second kappa shape index (κ2) is 19.0. The van der Waals surface area contributed by atoms with Gasteiger partial charge in [0.25, 0.3) is 0 Å². The molecule has 0 aromatic heterocycles. The summed E-state index contributed by atoms with van der Waals surface area (Å²) in [6.45, 7) is 2.98. The SMILES string of the molecule is CCCCCCCCC(CCCCCO)CCCCCCO. The van der Waals surface area contributed by atoms with E-state index in [4.69, 9.17) is 10.2 Å². The van der Waals surface area contributed by atoms with E-state index in [1.54, 1.807) is 0 Å². The highest BCUT2D eigenvalue weighted by Crippen LogP contribution is 2.24. The lowest BCUT2D eigenvalue weighted by atomic mass is 9.90. The van der Waals surface area contributed by atoms with E-state index >= 15 is 0 Å². The van der Waals surface area contributed by atoms with Crippen LogP contribution in [0.25, 0.3) is 0 Å². The molecule has 0 saturated heterocycles. The zero-order valence-corrected chi connectivity index (χ0v) is 15.2. The fourth-order valence-electron chi connectivity index (χ4n) is 3.27. The number of hydrogen-bond donors (Lipinski definition) is 2. The van der Waals surface area contributed by atoms with E-state index in [-0.39, 0.29) is 0 Å². The van der Waals surface area contributed by atoms with Crippen molar-refractivity contribution in [3.63, 3.8) is 0 Å². The van der Waals surface area contributed by atoms with Gasteiger partial charge in [0.1, 0.15) is 0 Å². The van der Waals surface area contributed by atoms with Crippen molar-refractivity contribution in [3.8, 4) is 0 Å². The van der Waals surface area contributed by atoms with Gasteiger partial charge in [0, 0.05) is 13.2 Å². The summed E-state index contributed by atoms with van der Waals surface area (Å²) >= 11 is 0. The molecule has 0 rings (SSSR count). The zero-order valence-electron chi connectivity index (χ0n) is 15.2. The molecular weight excluding hydrogens is 272 g/mol. The minimum absolute atomic E-state index is 0.350. The average Bonchev–Trinajstić information content (AvgIpc) is 2.53. The van der Waals surface area contributed by atoms with Gasteiger partial charge in [-0.3, -0.25) is 0 Å². The summed E-state index contributed by atoms with van der Waals surface area (Å²) < 4.78 is 0. The van der Waals surface area contributed by atoms with Gasteiger partial charge in [-0.2, -0.15) is 0 Å². The Morgan fingerprint density at radius 3 is 1.32 bits per heavy atom. The molecule has 0 fully saturated rings. The van der Waals surface area contributed by atoms with Crippen LogP contribution in [0.4, 0.5) is 0 Å². The van der Waals surface area contributed by atoms with Crippen molar-refractivity contribution < 1.29 is 10.2 Å². The third-order valence-electron chi connectivity index (χ3n) is 4.76. The van der Waals surface area contributed by atoms with Crippen LogP contribution in [0.15, 0.2) is 0 Å². The Kier molecular flexibility index (Phi) is 18.9. The van der Waals surface area contributed by atoms with Crippen molar-refractivity contribution in [1.82, 2.24) is 0 Å². The van der Waals surface area contributed by atoms with Crippen LogP contribution in [0, 0.1) is 5.92 Å². The Hall–Kier alpha value is -0.0800. The van der Waals surface area contributed by atoms with Gasteiger partial charge in [0.05, 0.1) is 0 Å². The normalized spacial score (nSPS) is 12.7. The van der Waals surface area contributed by atoms with Crippen molar-refractivity contribution in [3.05, 3.63) is 0 Å². The summed E-state index contributed by atoms with van der Waals surface area (Å²) in [5, 5.41) is 17.7. The van der Waals surface area contributed by atoms with E-state index in [1.165, 1.54) is 89.9 Å². The smallest absolute Gasteiger partial charge is 0.0431 e. The van der Waals surface area contributed by atoms with Crippen LogP contribution >= 0.6 is 0 Å². The minimum Gasteiger partial charge on any atom is -0.396 e. The number of aliphatic hydroxyl groups excluding tert-OH is 2. The van der Waals surface area contributed by atoms with E-state index in [0.717, 1.165) is 18.8 Å². The summed E-state index contributed by atoms with van der Waals surface area (Å²) in [5.41, 5.74) is 0. The highest BCUT2D eigenvalue weighted by molar-refractivity contribution is 4.62. The highest BCUT2D eigenvalue weighted by atomic mass is 16.3. The summed E-state index contributed by atoms with van der Waals surface area (Å²) in [6.07, 6.45) is 20.7. The second-order valence-corrected chi connectivity index (χ2v) is 6.92. The second-order valence-electron chi connectivity index (χ2n) is 6.92. The molecule has 1 atom stereocenters. The summed E-state index contributed by atoms with van der Waals surface area (Å²) in [7, 11) is 0. The first-order valence-corrected chi connectivity index (χ1v) is 10.1. The minimum atomic E-state index is 0.350. The van der Waals surface area contributed by atoms with E-state index in [1.807, 2.05) is 0 Å². The van der Waals surface area contributed by atoms with Gasteiger partial charge < -0.3 is 10.2 Å². The predicted octanol–water partition coefficient (Wildman–Crippen LogP) is 5.85. The van der Waals surface area contributed by atoms with Crippen LogP contribution in [0.1, 0.15) is 110 Å². The zero-order chi connectivity index (χ0) is 16.3. The fraction of sp³-hybridized carbons (Fsp3) is 1.00. The van der Waals surface area contributed by atoms with Crippen molar-refractivity contribution in [2.45, 2.75) is 110 Å². The molecule has 0 amide bonds. The Morgan fingerprint density at radius 1 is 0.500 bits per heavy atom. The lowest BCUT2D eigenvalue weighted by Gasteiger charge is -2.17. The fourth-order valence-corrected chi connectivity index (χ4v) is 3.27. The molecule has 0 aliphatic heterocycles. The maximum absolute atomic E-state index is 8.88. The monoisotopic (exact) mass is 314 g/mol. The Balaban J connectivity index is 3.69. The molecule has 134 valence electrons. The van der Waals surface area contributed by atoms with Crippen LogP contribution in [0.5, 0.6) is 0 Å². The molecule has 0 aromatic rings. The van der Waals surface area contributed by atoms with Gasteiger partial charge in [0.2, 0.25) is 0 Å². The number of aliphatic hydroxyl groups is 2. The standard InChI is InChI=1S/C20H42O2/c1-2-3-4-5-6-10-15-20(17-12-9-14-19-22)16-11-7-8-13-18-21/h20-22H,2-19H2,1H3. The van der Waals surface area contributed by atoms with Gasteiger partial charge in [-0.25, -0.2) is 0 Å². The first-order chi connectivity index (χ1) is 10.8. The molecule has 0 saturated carbocycles. The van der Waals surface area contributed by atoms with Crippen molar-refractivity contribution in [1.29, 1.82) is 0 Å². The average molecular weight is 315 g/mol. The first kappa shape index (κ1) is 21.9. The van der Waals surface area contributed by atoms with Crippen LogP contribution in [0.3, 0.4) is 0 Å². The molecule has 0 aromatic carbocycles. The molecule has 2 nitrogen and oxygen atoms in total. The van der Waals surface area contributed by atoms with E-state index in [2.05, 4.69) is 6.92 Å². The third-order valence-corrected chi connectivity index (χ3v) is 4.76. The van der Waals surface area contributed by atoms with Crippen LogP contribution in [-0.4, -0.2) is 23.4 Å². The lowest BCUT2D eigenvalue weighted by molar-refractivity contribution is 0.275. The van der Waals surface area contributed by atoms with Crippen LogP contribution < -0.4 is 0 Å².